The Morgan fingerprint density at radius 3 is 2.71 bits per heavy atom. The number of rotatable bonds is 1. The Labute approximate surface area is 146 Å². The minimum Gasteiger partial charge on any atom is -0.393 e. The second-order valence-corrected chi connectivity index (χ2v) is 9.60. The molecule has 0 radical (unpaired) electrons. The zero-order valence-electron chi connectivity index (χ0n) is 15.6. The van der Waals surface area contributed by atoms with Crippen molar-refractivity contribution in [3.05, 3.63) is 11.6 Å². The summed E-state index contributed by atoms with van der Waals surface area (Å²) in [5, 5.41) is 14.2. The summed E-state index contributed by atoms with van der Waals surface area (Å²) in [7, 11) is 0. The van der Waals surface area contributed by atoms with Crippen molar-refractivity contribution >= 4 is 5.71 Å². The van der Waals surface area contributed by atoms with Gasteiger partial charge in [-0.3, -0.25) is 0 Å². The first-order chi connectivity index (χ1) is 11.4. The van der Waals surface area contributed by atoms with Gasteiger partial charge in [0, 0.05) is 11.6 Å². The normalized spacial score (nSPS) is 51.4. The fraction of sp³-hybridized carbons (Fsp3) is 0.857. The van der Waals surface area contributed by atoms with Gasteiger partial charge in [-0.1, -0.05) is 25.5 Å². The van der Waals surface area contributed by atoms with Crippen molar-refractivity contribution < 1.29 is 5.11 Å². The van der Waals surface area contributed by atoms with E-state index in [1.807, 2.05) is 0 Å². The van der Waals surface area contributed by atoms with Gasteiger partial charge in [-0.15, -0.1) is 0 Å². The van der Waals surface area contributed by atoms with Crippen LogP contribution >= 0.6 is 0 Å². The van der Waals surface area contributed by atoms with Crippen molar-refractivity contribution in [1.29, 1.82) is 0 Å². The summed E-state index contributed by atoms with van der Waals surface area (Å²) in [6, 6.07) is 0. The van der Waals surface area contributed by atoms with Crippen LogP contribution in [0.2, 0.25) is 0 Å². The molecule has 0 amide bonds. The lowest BCUT2D eigenvalue weighted by atomic mass is 9.47. The average molecular weight is 331 g/mol. The summed E-state index contributed by atoms with van der Waals surface area (Å²) in [5.41, 5.74) is 3.47. The quantitative estimate of drug-likeness (QED) is 0.327. The zero-order valence-corrected chi connectivity index (χ0v) is 15.6. The molecule has 0 spiro atoms. The topological polar surface area (TPSA) is 58.6 Å². The number of aliphatic hydroxyl groups is 1. The van der Waals surface area contributed by atoms with Gasteiger partial charge < -0.3 is 10.9 Å². The summed E-state index contributed by atoms with van der Waals surface area (Å²) >= 11 is 0. The number of nitrogens with two attached hydrogens (primary N) is 1. The number of nitrogens with zero attached hydrogens (tertiary/aromatic N) is 1. The lowest BCUT2D eigenvalue weighted by Crippen LogP contribution is -2.50. The van der Waals surface area contributed by atoms with Crippen molar-refractivity contribution in [3.63, 3.8) is 0 Å². The number of hydrogen-bond donors (Lipinski definition) is 2. The fourth-order valence-electron chi connectivity index (χ4n) is 7.42. The van der Waals surface area contributed by atoms with Crippen LogP contribution in [-0.2, 0) is 0 Å². The van der Waals surface area contributed by atoms with Crippen LogP contribution in [0.3, 0.4) is 0 Å². The van der Waals surface area contributed by atoms with Crippen LogP contribution in [0.4, 0.5) is 0 Å². The van der Waals surface area contributed by atoms with Crippen LogP contribution in [0.15, 0.2) is 16.8 Å². The summed E-state index contributed by atoms with van der Waals surface area (Å²) in [6.07, 6.45) is 12.0. The van der Waals surface area contributed by atoms with Gasteiger partial charge in [0.05, 0.1) is 6.10 Å². The number of hydrazone groups is 1. The molecule has 3 nitrogen and oxygen atoms in total. The molecule has 0 saturated heterocycles. The van der Waals surface area contributed by atoms with Gasteiger partial charge >= 0.3 is 0 Å². The van der Waals surface area contributed by atoms with E-state index in [1.54, 1.807) is 5.57 Å². The van der Waals surface area contributed by atoms with Gasteiger partial charge in [0.1, 0.15) is 0 Å². The summed E-state index contributed by atoms with van der Waals surface area (Å²) in [4.78, 5) is 0. The third kappa shape index (κ3) is 2.16. The Balaban J connectivity index is 1.65. The minimum atomic E-state index is -0.103. The Hall–Kier alpha value is -0.830. The molecule has 0 aromatic carbocycles. The molecule has 0 aliphatic heterocycles. The molecule has 0 heterocycles. The SMILES string of the molecule is CC(=NN)[C@H]1CC[C@H]2[C@@H]3CC=C4C[C@@H](O)CC[C@]4(C)[C@H]3CC[C@]12C. The summed E-state index contributed by atoms with van der Waals surface area (Å²) < 4.78 is 0. The van der Waals surface area contributed by atoms with E-state index in [4.69, 9.17) is 5.84 Å². The maximum atomic E-state index is 10.1. The van der Waals surface area contributed by atoms with Crippen molar-refractivity contribution in [1.82, 2.24) is 0 Å². The first-order valence-electron chi connectivity index (χ1n) is 10.0. The zero-order chi connectivity index (χ0) is 17.1. The number of allylic oxidation sites excluding steroid dienone is 1. The van der Waals surface area contributed by atoms with E-state index < -0.39 is 0 Å². The van der Waals surface area contributed by atoms with E-state index in [9.17, 15) is 5.11 Å². The largest absolute Gasteiger partial charge is 0.393 e. The van der Waals surface area contributed by atoms with Crippen LogP contribution in [0, 0.1) is 34.5 Å². The molecule has 134 valence electrons. The van der Waals surface area contributed by atoms with Crippen LogP contribution in [0.1, 0.15) is 72.1 Å². The molecule has 7 atom stereocenters. The third-order valence-corrected chi connectivity index (χ3v) is 8.79. The maximum Gasteiger partial charge on any atom is 0.0577 e. The van der Waals surface area contributed by atoms with Crippen LogP contribution in [0.5, 0.6) is 0 Å². The lowest BCUT2D eigenvalue weighted by Gasteiger charge is -2.58. The summed E-state index contributed by atoms with van der Waals surface area (Å²) in [5.74, 6) is 8.68. The van der Waals surface area contributed by atoms with E-state index in [0.29, 0.717) is 16.7 Å². The highest BCUT2D eigenvalue weighted by Gasteiger charge is 2.58. The molecule has 4 rings (SSSR count). The van der Waals surface area contributed by atoms with E-state index in [2.05, 4.69) is 31.9 Å². The fourth-order valence-corrected chi connectivity index (χ4v) is 7.42. The van der Waals surface area contributed by atoms with E-state index in [1.165, 1.54) is 38.5 Å². The molecule has 0 bridgehead atoms. The molecule has 0 aromatic rings. The number of fused-ring (bicyclic) bond motifs is 5. The standard InChI is InChI=1S/C21H34N2O/c1-13(23-22)17-6-7-18-16-5-4-14-12-15(24)8-10-20(14,2)19(16)9-11-21(17,18)3/h4,15-19,24H,5-12,22H2,1-3H3/t15-,16-,17+,18-,19-,20-,21+/m0/s1. The molecule has 3 N–H and O–H groups in total. The second-order valence-electron chi connectivity index (χ2n) is 9.60. The van der Waals surface area contributed by atoms with Crippen molar-refractivity contribution in [2.24, 2.45) is 45.4 Å². The highest BCUT2D eigenvalue weighted by Crippen LogP contribution is 2.66. The Morgan fingerprint density at radius 2 is 1.96 bits per heavy atom. The molecule has 0 aromatic heterocycles. The van der Waals surface area contributed by atoms with E-state index in [0.717, 1.165) is 36.3 Å². The maximum absolute atomic E-state index is 10.1. The van der Waals surface area contributed by atoms with Gasteiger partial charge in [0.25, 0.3) is 0 Å². The molecule has 3 saturated carbocycles. The minimum absolute atomic E-state index is 0.103. The lowest BCUT2D eigenvalue weighted by molar-refractivity contribution is -0.0423. The van der Waals surface area contributed by atoms with Crippen LogP contribution < -0.4 is 5.84 Å². The predicted octanol–water partition coefficient (Wildman–Crippen LogP) is 4.26. The monoisotopic (exact) mass is 330 g/mol. The first-order valence-corrected chi connectivity index (χ1v) is 10.0. The number of aliphatic hydroxyl groups excluding tert-OH is 1. The van der Waals surface area contributed by atoms with Gasteiger partial charge in [-0.05, 0) is 86.9 Å². The Morgan fingerprint density at radius 1 is 1.17 bits per heavy atom. The molecule has 4 aliphatic rings. The highest BCUT2D eigenvalue weighted by atomic mass is 16.3. The second kappa shape index (κ2) is 5.59. The first kappa shape index (κ1) is 16.6. The van der Waals surface area contributed by atoms with Crippen molar-refractivity contribution in [2.75, 3.05) is 0 Å². The van der Waals surface area contributed by atoms with Gasteiger partial charge in [-0.2, -0.15) is 5.10 Å². The smallest absolute Gasteiger partial charge is 0.0577 e. The van der Waals surface area contributed by atoms with Crippen LogP contribution in [0.25, 0.3) is 0 Å². The molecule has 3 heteroatoms. The Kier molecular flexibility index (Phi) is 3.87. The third-order valence-electron chi connectivity index (χ3n) is 8.79. The van der Waals surface area contributed by atoms with Crippen LogP contribution in [-0.4, -0.2) is 16.9 Å². The van der Waals surface area contributed by atoms with E-state index in [-0.39, 0.29) is 6.10 Å². The van der Waals surface area contributed by atoms with Gasteiger partial charge in [0.15, 0.2) is 0 Å². The van der Waals surface area contributed by atoms with E-state index >= 15 is 0 Å². The van der Waals surface area contributed by atoms with Gasteiger partial charge in [0.2, 0.25) is 0 Å². The molecular weight excluding hydrogens is 296 g/mol. The van der Waals surface area contributed by atoms with Crippen molar-refractivity contribution in [3.8, 4) is 0 Å². The average Bonchev–Trinajstić information content (AvgIpc) is 2.92. The Bertz CT molecular complexity index is 582. The highest BCUT2D eigenvalue weighted by molar-refractivity contribution is 5.85. The number of hydrogen-bond acceptors (Lipinski definition) is 3. The van der Waals surface area contributed by atoms with Gasteiger partial charge in [-0.25, -0.2) is 0 Å². The molecule has 24 heavy (non-hydrogen) atoms. The molecule has 3 fully saturated rings. The predicted molar refractivity (Wildman–Crippen MR) is 98.5 cm³/mol. The van der Waals surface area contributed by atoms with Crippen molar-refractivity contribution in [2.45, 2.75) is 78.2 Å². The molecule has 0 unspecified atom stereocenters. The summed E-state index contributed by atoms with van der Waals surface area (Å²) in [6.45, 7) is 7.16. The molecular formula is C21H34N2O. The molecule has 4 aliphatic carbocycles.